The quantitative estimate of drug-likeness (QED) is 0.774. The highest BCUT2D eigenvalue weighted by Gasteiger charge is 2.58. The van der Waals surface area contributed by atoms with Crippen molar-refractivity contribution >= 4 is 27.5 Å². The van der Waals surface area contributed by atoms with Crippen LogP contribution in [0.3, 0.4) is 0 Å². The van der Waals surface area contributed by atoms with Crippen LogP contribution >= 0.6 is 27.5 Å². The summed E-state index contributed by atoms with van der Waals surface area (Å²) in [4.78, 5) is 0. The molecule has 3 nitrogen and oxygen atoms in total. The molecule has 1 heterocycles. The predicted octanol–water partition coefficient (Wildman–Crippen LogP) is 3.70. The molecular formula is C16H14BrClFNO2. The zero-order chi connectivity index (χ0) is 16.1. The molecule has 1 aliphatic rings. The molecule has 116 valence electrons. The van der Waals surface area contributed by atoms with E-state index < -0.39 is 17.0 Å². The molecule has 22 heavy (non-hydrogen) atoms. The Morgan fingerprint density at radius 1 is 1.36 bits per heavy atom. The van der Waals surface area contributed by atoms with Crippen molar-refractivity contribution in [3.05, 3.63) is 62.8 Å². The van der Waals surface area contributed by atoms with Crippen LogP contribution in [-0.2, 0) is 11.2 Å². The number of rotatable bonds is 2. The topological polar surface area (TPSA) is 55.5 Å². The maximum absolute atomic E-state index is 13.9. The van der Waals surface area contributed by atoms with Crippen LogP contribution in [0, 0.1) is 5.82 Å². The molecule has 0 bridgehead atoms. The van der Waals surface area contributed by atoms with Crippen molar-refractivity contribution in [1.82, 2.24) is 0 Å². The van der Waals surface area contributed by atoms with E-state index in [1.54, 1.807) is 6.92 Å². The van der Waals surface area contributed by atoms with Crippen LogP contribution in [0.1, 0.15) is 18.1 Å². The van der Waals surface area contributed by atoms with Crippen LogP contribution in [-0.4, -0.2) is 11.7 Å². The van der Waals surface area contributed by atoms with Gasteiger partial charge in [0.2, 0.25) is 0 Å². The standard InChI is InChI=1S/C16H14BrClFNO2/c1-15(21)12-11(7-10(19)14(18)13(12)17)22-16(15,8-20)9-5-3-2-4-6-9/h2-7,21H,8,20H2,1H3/t15?,16-/m1/s1. The minimum absolute atomic E-state index is 0.0182. The van der Waals surface area contributed by atoms with Gasteiger partial charge in [-0.05, 0) is 28.4 Å². The summed E-state index contributed by atoms with van der Waals surface area (Å²) in [5, 5.41) is 11.1. The smallest absolute Gasteiger partial charge is 0.179 e. The van der Waals surface area contributed by atoms with Gasteiger partial charge in [0, 0.05) is 22.6 Å². The molecule has 1 unspecified atom stereocenters. The molecule has 2 aromatic carbocycles. The zero-order valence-corrected chi connectivity index (χ0v) is 14.1. The monoisotopic (exact) mass is 385 g/mol. The average molecular weight is 387 g/mol. The zero-order valence-electron chi connectivity index (χ0n) is 11.7. The van der Waals surface area contributed by atoms with Gasteiger partial charge >= 0.3 is 0 Å². The van der Waals surface area contributed by atoms with E-state index in [1.807, 2.05) is 30.3 Å². The Morgan fingerprint density at radius 2 is 2.00 bits per heavy atom. The summed E-state index contributed by atoms with van der Waals surface area (Å²) in [6.07, 6.45) is 0. The van der Waals surface area contributed by atoms with E-state index in [2.05, 4.69) is 15.9 Å². The Labute approximate surface area is 141 Å². The fourth-order valence-corrected chi connectivity index (χ4v) is 3.92. The molecule has 2 atom stereocenters. The Balaban J connectivity index is 2.28. The average Bonchev–Trinajstić information content (AvgIpc) is 2.73. The molecule has 6 heteroatoms. The number of fused-ring (bicyclic) bond motifs is 1. The number of ether oxygens (including phenoxy) is 1. The van der Waals surface area contributed by atoms with Gasteiger partial charge in [-0.1, -0.05) is 41.9 Å². The van der Waals surface area contributed by atoms with Crippen LogP contribution < -0.4 is 10.5 Å². The third-order valence-electron chi connectivity index (χ3n) is 4.21. The molecular weight excluding hydrogens is 373 g/mol. The van der Waals surface area contributed by atoms with Crippen molar-refractivity contribution in [3.63, 3.8) is 0 Å². The molecule has 1 aliphatic heterocycles. The van der Waals surface area contributed by atoms with Gasteiger partial charge in [-0.25, -0.2) is 4.39 Å². The fourth-order valence-electron chi connectivity index (χ4n) is 3.00. The lowest BCUT2D eigenvalue weighted by atomic mass is 9.76. The number of hydrogen-bond donors (Lipinski definition) is 2. The number of nitrogens with two attached hydrogens (primary N) is 1. The van der Waals surface area contributed by atoms with Crippen LogP contribution in [0.15, 0.2) is 40.9 Å². The van der Waals surface area contributed by atoms with E-state index in [4.69, 9.17) is 22.1 Å². The first kappa shape index (κ1) is 15.7. The van der Waals surface area contributed by atoms with Gasteiger partial charge < -0.3 is 15.6 Å². The predicted molar refractivity (Wildman–Crippen MR) is 86.5 cm³/mol. The molecule has 0 spiro atoms. The first-order valence-electron chi connectivity index (χ1n) is 6.70. The lowest BCUT2D eigenvalue weighted by Crippen LogP contribution is -2.52. The maximum atomic E-state index is 13.9. The normalized spacial score (nSPS) is 26.6. The van der Waals surface area contributed by atoms with E-state index >= 15 is 0 Å². The molecule has 0 aliphatic carbocycles. The highest BCUT2D eigenvalue weighted by molar-refractivity contribution is 9.10. The van der Waals surface area contributed by atoms with Crippen molar-refractivity contribution in [3.8, 4) is 5.75 Å². The van der Waals surface area contributed by atoms with Crippen molar-refractivity contribution in [2.45, 2.75) is 18.1 Å². The molecule has 0 saturated heterocycles. The van der Waals surface area contributed by atoms with Crippen LogP contribution in [0.4, 0.5) is 4.39 Å². The second-order valence-corrected chi connectivity index (χ2v) is 6.60. The Hall–Kier alpha value is -1.14. The molecule has 3 N–H and O–H groups in total. The second kappa shape index (κ2) is 5.20. The molecule has 3 rings (SSSR count). The number of aliphatic hydroxyl groups is 1. The van der Waals surface area contributed by atoms with E-state index in [1.165, 1.54) is 6.07 Å². The fraction of sp³-hybridized carbons (Fsp3) is 0.250. The summed E-state index contributed by atoms with van der Waals surface area (Å²) in [5.41, 5.74) is 4.37. The SMILES string of the molecule is CC1(O)c2c(cc(F)c(Cl)c2Br)O[C@]1(CN)c1ccccc1. The molecule has 2 aromatic rings. The summed E-state index contributed by atoms with van der Waals surface area (Å²) in [5.74, 6) is -0.392. The van der Waals surface area contributed by atoms with Crippen molar-refractivity contribution in [1.29, 1.82) is 0 Å². The van der Waals surface area contributed by atoms with Crippen LogP contribution in [0.5, 0.6) is 5.75 Å². The Morgan fingerprint density at radius 3 is 2.59 bits per heavy atom. The van der Waals surface area contributed by atoms with Crippen LogP contribution in [0.25, 0.3) is 0 Å². The lowest BCUT2D eigenvalue weighted by molar-refractivity contribution is -0.103. The summed E-state index contributed by atoms with van der Waals surface area (Å²) in [7, 11) is 0. The van der Waals surface area contributed by atoms with Gasteiger partial charge in [0.05, 0.1) is 5.02 Å². The third-order valence-corrected chi connectivity index (χ3v) is 5.60. The molecule has 0 amide bonds. The van der Waals surface area contributed by atoms with Gasteiger partial charge in [0.15, 0.2) is 5.60 Å². The Bertz CT molecular complexity index is 739. The first-order chi connectivity index (χ1) is 10.3. The lowest BCUT2D eigenvalue weighted by Gasteiger charge is -2.38. The number of benzene rings is 2. The van der Waals surface area contributed by atoms with Crippen molar-refractivity contribution in [2.75, 3.05) is 6.54 Å². The summed E-state index contributed by atoms with van der Waals surface area (Å²) in [6.45, 7) is 1.61. The van der Waals surface area contributed by atoms with Gasteiger partial charge in [-0.2, -0.15) is 0 Å². The van der Waals surface area contributed by atoms with Crippen molar-refractivity contribution < 1.29 is 14.2 Å². The van der Waals surface area contributed by atoms with E-state index in [9.17, 15) is 9.50 Å². The Kier molecular flexibility index (Phi) is 3.72. The van der Waals surface area contributed by atoms with Gasteiger partial charge in [-0.15, -0.1) is 0 Å². The van der Waals surface area contributed by atoms with E-state index in [-0.39, 0.29) is 21.8 Å². The second-order valence-electron chi connectivity index (χ2n) is 5.43. The molecule has 0 aromatic heterocycles. The summed E-state index contributed by atoms with van der Waals surface area (Å²) < 4.78 is 20.1. The first-order valence-corrected chi connectivity index (χ1v) is 7.87. The number of hydrogen-bond acceptors (Lipinski definition) is 3. The molecule has 0 radical (unpaired) electrons. The van der Waals surface area contributed by atoms with Gasteiger partial charge in [-0.3, -0.25) is 0 Å². The summed E-state index contributed by atoms with van der Waals surface area (Å²) >= 11 is 9.21. The molecule has 0 saturated carbocycles. The largest absolute Gasteiger partial charge is 0.477 e. The summed E-state index contributed by atoms with van der Waals surface area (Å²) in [6, 6.07) is 10.3. The highest BCUT2D eigenvalue weighted by Crippen LogP contribution is 2.56. The minimum atomic E-state index is -1.48. The van der Waals surface area contributed by atoms with Crippen LogP contribution in [0.2, 0.25) is 5.02 Å². The highest BCUT2D eigenvalue weighted by atomic mass is 79.9. The van der Waals surface area contributed by atoms with Gasteiger partial charge in [0.1, 0.15) is 17.2 Å². The maximum Gasteiger partial charge on any atom is 0.179 e. The molecule has 0 fully saturated rings. The van der Waals surface area contributed by atoms with E-state index in [0.29, 0.717) is 11.1 Å². The van der Waals surface area contributed by atoms with Crippen molar-refractivity contribution in [2.24, 2.45) is 5.73 Å². The van der Waals surface area contributed by atoms with Gasteiger partial charge in [0.25, 0.3) is 0 Å². The van der Waals surface area contributed by atoms with E-state index in [0.717, 1.165) is 0 Å². The minimum Gasteiger partial charge on any atom is -0.477 e. The third kappa shape index (κ3) is 1.93. The number of halogens is 3.